The summed E-state index contributed by atoms with van der Waals surface area (Å²) in [6.45, 7) is 4.05. The molecule has 3 heterocycles. The average Bonchev–Trinajstić information content (AvgIpc) is 3.01. The molecule has 6 nitrogen and oxygen atoms in total. The average molecular weight is 302 g/mol. The Kier molecular flexibility index (Phi) is 3.34. The lowest BCUT2D eigenvalue weighted by atomic mass is 10.2. The van der Waals surface area contributed by atoms with E-state index in [0.717, 1.165) is 21.5 Å². The Balaban J connectivity index is 1.84. The van der Waals surface area contributed by atoms with Crippen LogP contribution in [-0.2, 0) is 6.54 Å². The van der Waals surface area contributed by atoms with Crippen LogP contribution < -0.4 is 11.1 Å². The number of carbonyl (C=O) groups is 1. The van der Waals surface area contributed by atoms with Crippen molar-refractivity contribution in [3.63, 3.8) is 0 Å². The molecule has 1 amide bonds. The Morgan fingerprint density at radius 1 is 1.48 bits per heavy atom. The molecule has 0 fully saturated rings. The zero-order valence-corrected chi connectivity index (χ0v) is 12.5. The zero-order chi connectivity index (χ0) is 15.0. The van der Waals surface area contributed by atoms with Crippen molar-refractivity contribution in [2.75, 3.05) is 5.73 Å². The van der Waals surface area contributed by atoms with Gasteiger partial charge in [0, 0.05) is 17.6 Å². The maximum Gasteiger partial charge on any atom is 0.263 e. The Morgan fingerprint density at radius 3 is 2.95 bits per heavy atom. The van der Waals surface area contributed by atoms with Gasteiger partial charge in [0.25, 0.3) is 5.91 Å². The lowest BCUT2D eigenvalue weighted by Gasteiger charge is -2.01. The van der Waals surface area contributed by atoms with Crippen molar-refractivity contribution in [2.24, 2.45) is 0 Å². The van der Waals surface area contributed by atoms with Crippen LogP contribution in [0, 0.1) is 13.8 Å². The second-order valence-corrected chi connectivity index (χ2v) is 5.77. The van der Waals surface area contributed by atoms with Crippen LogP contribution in [0.1, 0.15) is 26.7 Å². The largest absolute Gasteiger partial charge is 0.397 e. The third-order valence-electron chi connectivity index (χ3n) is 3.14. The van der Waals surface area contributed by atoms with E-state index in [0.29, 0.717) is 16.3 Å². The number of fused-ring (bicyclic) bond motifs is 1. The number of thiophene rings is 1. The minimum Gasteiger partial charge on any atom is -0.397 e. The monoisotopic (exact) mass is 302 g/mol. The number of rotatable bonds is 3. The Labute approximate surface area is 125 Å². The molecular weight excluding hydrogens is 288 g/mol. The normalized spacial score (nSPS) is 11.0. The van der Waals surface area contributed by atoms with Gasteiger partial charge in [-0.3, -0.25) is 4.79 Å². The number of anilines is 1. The van der Waals surface area contributed by atoms with Gasteiger partial charge in [0.15, 0.2) is 5.76 Å². The van der Waals surface area contributed by atoms with E-state index in [1.807, 2.05) is 19.9 Å². The zero-order valence-electron chi connectivity index (χ0n) is 11.6. The number of carbonyl (C=O) groups excluding carboxylic acids is 1. The molecule has 0 aliphatic rings. The van der Waals surface area contributed by atoms with Gasteiger partial charge >= 0.3 is 0 Å². The molecule has 3 N–H and O–H groups in total. The number of aryl methyl sites for hydroxylation is 2. The van der Waals surface area contributed by atoms with E-state index >= 15 is 0 Å². The van der Waals surface area contributed by atoms with Crippen molar-refractivity contribution in [3.8, 4) is 0 Å². The van der Waals surface area contributed by atoms with Gasteiger partial charge in [-0.15, -0.1) is 11.3 Å². The molecule has 0 saturated heterocycles. The molecule has 0 bridgehead atoms. The fourth-order valence-corrected chi connectivity index (χ4v) is 3.18. The fraction of sp³-hybridized carbons (Fsp3) is 0.214. The number of aromatic nitrogens is 2. The summed E-state index contributed by atoms with van der Waals surface area (Å²) in [5, 5.41) is 7.40. The van der Waals surface area contributed by atoms with Gasteiger partial charge in [-0.1, -0.05) is 5.16 Å². The van der Waals surface area contributed by atoms with Gasteiger partial charge in [-0.25, -0.2) is 4.98 Å². The number of nitrogens with one attached hydrogen (secondary N) is 1. The molecule has 21 heavy (non-hydrogen) atoms. The van der Waals surface area contributed by atoms with Crippen molar-refractivity contribution in [1.29, 1.82) is 0 Å². The molecule has 0 aliphatic heterocycles. The first-order valence-corrected chi connectivity index (χ1v) is 7.22. The molecule has 0 spiro atoms. The van der Waals surface area contributed by atoms with Crippen LogP contribution in [0.5, 0.6) is 0 Å². The number of amides is 1. The lowest BCUT2D eigenvalue weighted by Crippen LogP contribution is -2.22. The van der Waals surface area contributed by atoms with Gasteiger partial charge in [-0.05, 0) is 25.5 Å². The molecule has 0 aliphatic carbocycles. The number of hydrogen-bond donors (Lipinski definition) is 2. The highest BCUT2D eigenvalue weighted by Crippen LogP contribution is 2.34. The molecule has 0 atom stereocenters. The second kappa shape index (κ2) is 5.17. The number of nitrogens with zero attached hydrogens (tertiary/aromatic N) is 2. The summed E-state index contributed by atoms with van der Waals surface area (Å²) < 4.78 is 5.05. The van der Waals surface area contributed by atoms with Crippen LogP contribution in [0.2, 0.25) is 0 Å². The summed E-state index contributed by atoms with van der Waals surface area (Å²) in [5.41, 5.74) is 8.36. The van der Waals surface area contributed by atoms with E-state index in [2.05, 4.69) is 15.5 Å². The molecule has 3 aromatic rings. The summed E-state index contributed by atoms with van der Waals surface area (Å²) in [4.78, 5) is 17.8. The summed E-state index contributed by atoms with van der Waals surface area (Å²) in [7, 11) is 0. The van der Waals surface area contributed by atoms with E-state index in [-0.39, 0.29) is 12.5 Å². The molecule has 0 radical (unpaired) electrons. The standard InChI is InChI=1S/C14H14N4O2S/c1-7-3-4-16-14-10(7)11(15)12(21-14)13(19)17-6-9-5-8(2)18-20-9/h3-5H,6,15H2,1-2H3,(H,17,19). The van der Waals surface area contributed by atoms with Crippen LogP contribution in [0.3, 0.4) is 0 Å². The molecule has 7 heteroatoms. The fourth-order valence-electron chi connectivity index (χ4n) is 2.12. The summed E-state index contributed by atoms with van der Waals surface area (Å²) in [5.74, 6) is 0.374. The number of nitrogen functional groups attached to an aromatic ring is 1. The smallest absolute Gasteiger partial charge is 0.263 e. The minimum absolute atomic E-state index is 0.232. The molecule has 0 unspecified atom stereocenters. The van der Waals surface area contributed by atoms with Crippen molar-refractivity contribution < 1.29 is 9.32 Å². The van der Waals surface area contributed by atoms with E-state index in [1.54, 1.807) is 12.3 Å². The molecule has 0 aromatic carbocycles. The second-order valence-electron chi connectivity index (χ2n) is 4.77. The Hall–Kier alpha value is -2.41. The maximum atomic E-state index is 12.3. The van der Waals surface area contributed by atoms with Gasteiger partial charge in [0.1, 0.15) is 9.71 Å². The van der Waals surface area contributed by atoms with E-state index in [1.165, 1.54) is 11.3 Å². The van der Waals surface area contributed by atoms with Crippen LogP contribution in [-0.4, -0.2) is 16.0 Å². The number of pyridine rings is 1. The van der Waals surface area contributed by atoms with Gasteiger partial charge in [0.2, 0.25) is 0 Å². The van der Waals surface area contributed by atoms with Crippen molar-refractivity contribution in [3.05, 3.63) is 40.2 Å². The van der Waals surface area contributed by atoms with E-state index in [4.69, 9.17) is 10.3 Å². The highest BCUT2D eigenvalue weighted by molar-refractivity contribution is 7.21. The van der Waals surface area contributed by atoms with Crippen LogP contribution in [0.15, 0.2) is 22.9 Å². The quantitative estimate of drug-likeness (QED) is 0.775. The van der Waals surface area contributed by atoms with E-state index < -0.39 is 0 Å². The first-order chi connectivity index (χ1) is 10.1. The van der Waals surface area contributed by atoms with Crippen LogP contribution >= 0.6 is 11.3 Å². The highest BCUT2D eigenvalue weighted by Gasteiger charge is 2.18. The molecule has 0 saturated carbocycles. The third kappa shape index (κ3) is 2.47. The van der Waals surface area contributed by atoms with Crippen LogP contribution in [0.4, 0.5) is 5.69 Å². The Bertz CT molecular complexity index is 822. The molecule has 3 rings (SSSR count). The summed E-state index contributed by atoms with van der Waals surface area (Å²) in [6.07, 6.45) is 1.71. The van der Waals surface area contributed by atoms with Crippen LogP contribution in [0.25, 0.3) is 10.2 Å². The maximum absolute atomic E-state index is 12.3. The molecule has 108 valence electrons. The highest BCUT2D eigenvalue weighted by atomic mass is 32.1. The topological polar surface area (TPSA) is 94.0 Å². The third-order valence-corrected chi connectivity index (χ3v) is 4.26. The summed E-state index contributed by atoms with van der Waals surface area (Å²) in [6, 6.07) is 3.66. The first kappa shape index (κ1) is 13.6. The Morgan fingerprint density at radius 2 is 2.29 bits per heavy atom. The number of nitrogens with two attached hydrogens (primary N) is 1. The van der Waals surface area contributed by atoms with Crippen molar-refractivity contribution in [1.82, 2.24) is 15.5 Å². The van der Waals surface area contributed by atoms with E-state index in [9.17, 15) is 4.79 Å². The van der Waals surface area contributed by atoms with Gasteiger partial charge < -0.3 is 15.6 Å². The van der Waals surface area contributed by atoms with Gasteiger partial charge in [0.05, 0.1) is 17.9 Å². The molecular formula is C14H14N4O2S. The SMILES string of the molecule is Cc1cc(CNC(=O)c2sc3nccc(C)c3c2N)on1. The number of hydrogen-bond acceptors (Lipinski definition) is 6. The predicted molar refractivity (Wildman–Crippen MR) is 81.2 cm³/mol. The molecule has 3 aromatic heterocycles. The summed E-state index contributed by atoms with van der Waals surface area (Å²) >= 11 is 1.29. The predicted octanol–water partition coefficient (Wildman–Crippen LogP) is 2.41. The van der Waals surface area contributed by atoms with Gasteiger partial charge in [-0.2, -0.15) is 0 Å². The van der Waals surface area contributed by atoms with Crippen molar-refractivity contribution >= 4 is 33.1 Å². The van der Waals surface area contributed by atoms with Crippen molar-refractivity contribution in [2.45, 2.75) is 20.4 Å². The first-order valence-electron chi connectivity index (χ1n) is 6.40. The minimum atomic E-state index is -0.232. The lowest BCUT2D eigenvalue weighted by molar-refractivity contribution is 0.0952.